The largest absolute Gasteiger partial charge is 0.315 e. The molecule has 2 N–H and O–H groups in total. The van der Waals surface area contributed by atoms with Crippen molar-refractivity contribution < 1.29 is 8.42 Å². The zero-order chi connectivity index (χ0) is 13.9. The predicted octanol–water partition coefficient (Wildman–Crippen LogP) is -0.0918. The first-order valence-electron chi connectivity index (χ1n) is 6.20. The van der Waals surface area contributed by atoms with Crippen LogP contribution in [0.2, 0.25) is 0 Å². The molecule has 1 aromatic heterocycles. The van der Waals surface area contributed by atoms with Crippen LogP contribution in [-0.4, -0.2) is 58.6 Å². The van der Waals surface area contributed by atoms with Gasteiger partial charge in [-0.3, -0.25) is 0 Å². The molecule has 0 atom stereocenters. The van der Waals surface area contributed by atoms with E-state index in [1.165, 1.54) is 11.3 Å². The molecule has 1 saturated heterocycles. The highest BCUT2D eigenvalue weighted by molar-refractivity contribution is 7.91. The third kappa shape index (κ3) is 3.98. The number of hydrazine groups is 1. The molecule has 1 fully saturated rings. The summed E-state index contributed by atoms with van der Waals surface area (Å²) in [6, 6.07) is 3.51. The molecule has 6 nitrogen and oxygen atoms in total. The second kappa shape index (κ2) is 6.29. The van der Waals surface area contributed by atoms with Crippen molar-refractivity contribution in [2.45, 2.75) is 10.8 Å². The SMILES string of the molecule is CNCc1ccc(S(=O)(=O)NN2CCN(C)CC2)s1. The normalized spacial score (nSPS) is 18.8. The van der Waals surface area contributed by atoms with Crippen molar-refractivity contribution in [2.75, 3.05) is 40.3 Å². The molecule has 108 valence electrons. The van der Waals surface area contributed by atoms with Crippen LogP contribution in [0.15, 0.2) is 16.3 Å². The molecule has 8 heteroatoms. The summed E-state index contributed by atoms with van der Waals surface area (Å²) in [5, 5.41) is 4.78. The lowest BCUT2D eigenvalue weighted by Gasteiger charge is -2.31. The molecule has 0 bridgehead atoms. The van der Waals surface area contributed by atoms with E-state index in [0.717, 1.165) is 18.0 Å². The van der Waals surface area contributed by atoms with Gasteiger partial charge in [0.2, 0.25) is 0 Å². The number of piperazine rings is 1. The molecule has 2 rings (SSSR count). The van der Waals surface area contributed by atoms with Crippen LogP contribution in [0.4, 0.5) is 0 Å². The number of hydrogen-bond acceptors (Lipinski definition) is 6. The Bertz CT molecular complexity index is 507. The third-order valence-electron chi connectivity index (χ3n) is 3.01. The van der Waals surface area contributed by atoms with Gasteiger partial charge in [-0.15, -0.1) is 16.2 Å². The maximum Gasteiger partial charge on any atom is 0.262 e. The van der Waals surface area contributed by atoms with E-state index in [1.807, 2.05) is 20.2 Å². The number of thiophene rings is 1. The average Bonchev–Trinajstić information content (AvgIpc) is 2.82. The summed E-state index contributed by atoms with van der Waals surface area (Å²) in [5.41, 5.74) is 0. The van der Waals surface area contributed by atoms with Gasteiger partial charge in [-0.2, -0.15) is 0 Å². The van der Waals surface area contributed by atoms with E-state index in [9.17, 15) is 8.42 Å². The molecule has 0 amide bonds. The Morgan fingerprint density at radius 3 is 2.58 bits per heavy atom. The van der Waals surface area contributed by atoms with Crippen LogP contribution >= 0.6 is 11.3 Å². The van der Waals surface area contributed by atoms with Gasteiger partial charge in [0, 0.05) is 37.6 Å². The first-order valence-corrected chi connectivity index (χ1v) is 8.50. The smallest absolute Gasteiger partial charge is 0.262 e. The van der Waals surface area contributed by atoms with Gasteiger partial charge >= 0.3 is 0 Å². The van der Waals surface area contributed by atoms with Crippen LogP contribution in [0.25, 0.3) is 0 Å². The zero-order valence-corrected chi connectivity index (χ0v) is 12.9. The van der Waals surface area contributed by atoms with E-state index >= 15 is 0 Å². The van der Waals surface area contributed by atoms with Gasteiger partial charge in [0.05, 0.1) is 0 Å². The minimum absolute atomic E-state index is 0.372. The van der Waals surface area contributed by atoms with Crippen molar-refractivity contribution in [1.29, 1.82) is 0 Å². The lowest BCUT2D eigenvalue weighted by molar-refractivity contribution is 0.135. The molecule has 0 aliphatic carbocycles. The third-order valence-corrected chi connectivity index (χ3v) is 5.96. The summed E-state index contributed by atoms with van der Waals surface area (Å²) in [7, 11) is 0.454. The topological polar surface area (TPSA) is 64.7 Å². The molecule has 2 heterocycles. The molecule has 19 heavy (non-hydrogen) atoms. The summed E-state index contributed by atoms with van der Waals surface area (Å²) < 4.78 is 24.8. The average molecular weight is 304 g/mol. The monoisotopic (exact) mass is 304 g/mol. The Kier molecular flexibility index (Phi) is 4.93. The fourth-order valence-corrected chi connectivity index (χ4v) is 4.36. The summed E-state index contributed by atoms with van der Waals surface area (Å²) in [4.78, 5) is 5.85. The summed E-state index contributed by atoms with van der Waals surface area (Å²) in [5.74, 6) is 0. The number of hydrogen-bond donors (Lipinski definition) is 2. The van der Waals surface area contributed by atoms with Gasteiger partial charge in [-0.25, -0.2) is 13.4 Å². The van der Waals surface area contributed by atoms with Crippen LogP contribution < -0.4 is 10.1 Å². The summed E-state index contributed by atoms with van der Waals surface area (Å²) in [6.45, 7) is 3.86. The van der Waals surface area contributed by atoms with Crippen LogP contribution in [0.1, 0.15) is 4.88 Å². The van der Waals surface area contributed by atoms with Gasteiger partial charge in [0.15, 0.2) is 0 Å². The van der Waals surface area contributed by atoms with Gasteiger partial charge in [0.1, 0.15) is 4.21 Å². The second-order valence-electron chi connectivity index (χ2n) is 4.64. The van der Waals surface area contributed by atoms with Crippen molar-refractivity contribution in [3.63, 3.8) is 0 Å². The Morgan fingerprint density at radius 2 is 1.95 bits per heavy atom. The Hall–Kier alpha value is -0.510. The van der Waals surface area contributed by atoms with E-state index < -0.39 is 10.0 Å². The van der Waals surface area contributed by atoms with Gasteiger partial charge in [-0.05, 0) is 26.2 Å². The van der Waals surface area contributed by atoms with Crippen molar-refractivity contribution in [3.05, 3.63) is 17.0 Å². The number of nitrogens with one attached hydrogen (secondary N) is 2. The molecule has 0 saturated carbocycles. The molecular formula is C11H20N4O2S2. The predicted molar refractivity (Wildman–Crippen MR) is 76.5 cm³/mol. The fourth-order valence-electron chi connectivity index (χ4n) is 1.88. The molecule has 1 aliphatic rings. The molecular weight excluding hydrogens is 284 g/mol. The maximum absolute atomic E-state index is 12.2. The molecule has 0 spiro atoms. The van der Waals surface area contributed by atoms with Gasteiger partial charge in [0.25, 0.3) is 10.0 Å². The molecule has 0 radical (unpaired) electrons. The Labute approximate surface area is 118 Å². The van der Waals surface area contributed by atoms with Crippen molar-refractivity contribution in [1.82, 2.24) is 20.1 Å². The van der Waals surface area contributed by atoms with E-state index in [4.69, 9.17) is 0 Å². The molecule has 0 aromatic carbocycles. The Balaban J connectivity index is 2.01. The zero-order valence-electron chi connectivity index (χ0n) is 11.2. The van der Waals surface area contributed by atoms with E-state index in [2.05, 4.69) is 15.0 Å². The van der Waals surface area contributed by atoms with E-state index in [0.29, 0.717) is 23.8 Å². The highest BCUT2D eigenvalue weighted by atomic mass is 32.2. The molecule has 1 aromatic rings. The van der Waals surface area contributed by atoms with Crippen LogP contribution in [0, 0.1) is 0 Å². The Morgan fingerprint density at radius 1 is 1.26 bits per heavy atom. The standard InChI is InChI=1S/C11H20N4O2S2/c1-12-9-10-3-4-11(18-10)19(16,17)13-15-7-5-14(2)6-8-15/h3-4,12-13H,5-9H2,1-2H3. The van der Waals surface area contributed by atoms with E-state index in [-0.39, 0.29) is 0 Å². The lowest BCUT2D eigenvalue weighted by Crippen LogP contribution is -2.52. The molecule has 0 unspecified atom stereocenters. The van der Waals surface area contributed by atoms with Gasteiger partial charge < -0.3 is 10.2 Å². The van der Waals surface area contributed by atoms with Crippen molar-refractivity contribution in [2.24, 2.45) is 0 Å². The van der Waals surface area contributed by atoms with Crippen molar-refractivity contribution >= 4 is 21.4 Å². The first kappa shape index (κ1) is 14.9. The fraction of sp³-hybridized carbons (Fsp3) is 0.636. The second-order valence-corrected chi connectivity index (χ2v) is 7.69. The lowest BCUT2D eigenvalue weighted by atomic mass is 10.4. The summed E-state index contributed by atoms with van der Waals surface area (Å²) >= 11 is 1.30. The highest BCUT2D eigenvalue weighted by Gasteiger charge is 2.22. The van der Waals surface area contributed by atoms with Crippen LogP contribution in [-0.2, 0) is 16.6 Å². The minimum Gasteiger partial charge on any atom is -0.315 e. The number of rotatable bonds is 5. The van der Waals surface area contributed by atoms with E-state index in [1.54, 1.807) is 11.1 Å². The number of nitrogens with zero attached hydrogens (tertiary/aromatic N) is 2. The van der Waals surface area contributed by atoms with Crippen molar-refractivity contribution in [3.8, 4) is 0 Å². The quantitative estimate of drug-likeness (QED) is 0.796. The first-order chi connectivity index (χ1) is 9.01. The van der Waals surface area contributed by atoms with Crippen LogP contribution in [0.3, 0.4) is 0 Å². The maximum atomic E-state index is 12.2. The van der Waals surface area contributed by atoms with Gasteiger partial charge in [-0.1, -0.05) is 0 Å². The number of sulfonamides is 1. The highest BCUT2D eigenvalue weighted by Crippen LogP contribution is 2.21. The molecule has 1 aliphatic heterocycles. The minimum atomic E-state index is -3.43. The number of likely N-dealkylation sites (N-methyl/N-ethyl adjacent to an activating group) is 1. The summed E-state index contributed by atoms with van der Waals surface area (Å²) in [6.07, 6.45) is 0. The van der Waals surface area contributed by atoms with Crippen LogP contribution in [0.5, 0.6) is 0 Å².